The maximum absolute atomic E-state index is 11.3. The van der Waals surface area contributed by atoms with E-state index in [1.807, 2.05) is 12.2 Å². The minimum atomic E-state index is 0.000278. The number of hydrogen-bond donors (Lipinski definition) is 0. The highest BCUT2D eigenvalue weighted by atomic mass is 16.5. The van der Waals surface area contributed by atoms with E-state index < -0.39 is 0 Å². The summed E-state index contributed by atoms with van der Waals surface area (Å²) in [7, 11) is 0. The Labute approximate surface area is 77.5 Å². The summed E-state index contributed by atoms with van der Waals surface area (Å²) < 4.78 is 4.98. The summed E-state index contributed by atoms with van der Waals surface area (Å²) in [5.74, 6) is 0.000278. The molecular formula is C10H12NO2. The number of allylic oxidation sites excluding steroid dienone is 1. The second-order valence-electron chi connectivity index (χ2n) is 3.35. The van der Waals surface area contributed by atoms with Gasteiger partial charge in [0.1, 0.15) is 6.61 Å². The second-order valence-corrected chi connectivity index (χ2v) is 3.35. The van der Waals surface area contributed by atoms with Gasteiger partial charge in [0.15, 0.2) is 0 Å². The van der Waals surface area contributed by atoms with E-state index in [2.05, 4.69) is 5.32 Å². The zero-order chi connectivity index (χ0) is 9.10. The van der Waals surface area contributed by atoms with Crippen molar-refractivity contribution >= 4 is 5.91 Å². The molecule has 1 heterocycles. The minimum absolute atomic E-state index is 0.000278. The molecule has 2 rings (SSSR count). The normalized spacial score (nSPS) is 20.5. The molecule has 3 heteroatoms. The summed E-state index contributed by atoms with van der Waals surface area (Å²) in [6, 6.07) is 0.330. The van der Waals surface area contributed by atoms with Crippen LogP contribution in [0.2, 0.25) is 0 Å². The second kappa shape index (κ2) is 3.64. The van der Waals surface area contributed by atoms with E-state index >= 15 is 0 Å². The maximum Gasteiger partial charge on any atom is 0.245 e. The fourth-order valence-corrected chi connectivity index (χ4v) is 1.17. The molecule has 0 aromatic rings. The van der Waals surface area contributed by atoms with Crippen LogP contribution in [0.5, 0.6) is 0 Å². The van der Waals surface area contributed by atoms with Crippen molar-refractivity contribution in [3.63, 3.8) is 0 Å². The van der Waals surface area contributed by atoms with Crippen LogP contribution in [0.25, 0.3) is 0 Å². The third-order valence-corrected chi connectivity index (χ3v) is 2.05. The standard InChI is InChI=1S/C10H12NO2/c12-10(11-9-1-2-9)7-8-3-5-13-6-4-8/h3-5,9H,1-2,6-7H2. The summed E-state index contributed by atoms with van der Waals surface area (Å²) in [6.07, 6.45) is 7.97. The Morgan fingerprint density at radius 1 is 1.62 bits per heavy atom. The Morgan fingerprint density at radius 3 is 3.08 bits per heavy atom. The molecule has 0 aromatic carbocycles. The van der Waals surface area contributed by atoms with E-state index in [0.717, 1.165) is 18.4 Å². The molecule has 13 heavy (non-hydrogen) atoms. The molecule has 1 amide bonds. The number of rotatable bonds is 3. The van der Waals surface area contributed by atoms with Gasteiger partial charge in [-0.3, -0.25) is 4.79 Å². The Hall–Kier alpha value is -1.25. The molecule has 3 nitrogen and oxygen atoms in total. The summed E-state index contributed by atoms with van der Waals surface area (Å²) in [5.41, 5.74) is 1.01. The first-order chi connectivity index (χ1) is 6.34. The van der Waals surface area contributed by atoms with Crippen LogP contribution in [0.1, 0.15) is 19.3 Å². The van der Waals surface area contributed by atoms with Crippen LogP contribution < -0.4 is 5.32 Å². The van der Waals surface area contributed by atoms with Crippen molar-refractivity contribution in [2.24, 2.45) is 0 Å². The van der Waals surface area contributed by atoms with Crippen LogP contribution in [0.15, 0.2) is 24.0 Å². The molecule has 0 N–H and O–H groups in total. The van der Waals surface area contributed by atoms with Gasteiger partial charge in [-0.05, 0) is 30.6 Å². The van der Waals surface area contributed by atoms with Crippen molar-refractivity contribution in [3.8, 4) is 0 Å². The molecule has 69 valence electrons. The number of hydrogen-bond acceptors (Lipinski definition) is 2. The van der Waals surface area contributed by atoms with E-state index in [1.165, 1.54) is 0 Å². The molecule has 1 saturated carbocycles. The van der Waals surface area contributed by atoms with Gasteiger partial charge in [-0.1, -0.05) is 0 Å². The Balaban J connectivity index is 1.78. The lowest BCUT2D eigenvalue weighted by Gasteiger charge is -2.06. The van der Waals surface area contributed by atoms with Crippen molar-refractivity contribution in [1.29, 1.82) is 0 Å². The zero-order valence-corrected chi connectivity index (χ0v) is 7.40. The van der Waals surface area contributed by atoms with Crippen molar-refractivity contribution in [2.75, 3.05) is 6.61 Å². The number of amides is 1. The van der Waals surface area contributed by atoms with Crippen LogP contribution in [-0.2, 0) is 9.53 Å². The minimum Gasteiger partial charge on any atom is -0.497 e. The fraction of sp³-hybridized carbons (Fsp3) is 0.500. The summed E-state index contributed by atoms with van der Waals surface area (Å²) >= 11 is 0. The zero-order valence-electron chi connectivity index (χ0n) is 7.40. The number of carbonyl (C=O) groups excluding carboxylic acids is 1. The first kappa shape index (κ1) is 8.35. The summed E-state index contributed by atoms with van der Waals surface area (Å²) in [4.78, 5) is 11.3. The lowest BCUT2D eigenvalue weighted by atomic mass is 10.1. The Bertz CT molecular complexity index is 264. The average molecular weight is 178 g/mol. The highest BCUT2D eigenvalue weighted by Crippen LogP contribution is 2.21. The predicted molar refractivity (Wildman–Crippen MR) is 48.0 cm³/mol. The van der Waals surface area contributed by atoms with Gasteiger partial charge in [0.2, 0.25) is 5.91 Å². The highest BCUT2D eigenvalue weighted by molar-refractivity contribution is 5.79. The van der Waals surface area contributed by atoms with Gasteiger partial charge in [-0.2, -0.15) is 0 Å². The SMILES string of the molecule is O=C(CC1=CCOC=C1)[N]C1CC1. The Morgan fingerprint density at radius 2 is 2.46 bits per heavy atom. The molecule has 0 bridgehead atoms. The van der Waals surface area contributed by atoms with E-state index in [-0.39, 0.29) is 5.91 Å². The molecule has 1 aliphatic carbocycles. The van der Waals surface area contributed by atoms with E-state index in [0.29, 0.717) is 19.1 Å². The van der Waals surface area contributed by atoms with Crippen LogP contribution in [-0.4, -0.2) is 18.6 Å². The average Bonchev–Trinajstić information content (AvgIpc) is 2.90. The van der Waals surface area contributed by atoms with E-state index in [4.69, 9.17) is 4.74 Å². The molecule has 0 aromatic heterocycles. The molecule has 1 radical (unpaired) electrons. The molecule has 2 aliphatic rings. The molecule has 1 aliphatic heterocycles. The molecule has 0 unspecified atom stereocenters. The van der Waals surface area contributed by atoms with Gasteiger partial charge in [0.05, 0.1) is 18.7 Å². The predicted octanol–water partition coefficient (Wildman–Crippen LogP) is 1.14. The van der Waals surface area contributed by atoms with E-state index in [9.17, 15) is 4.79 Å². The first-order valence-corrected chi connectivity index (χ1v) is 4.55. The van der Waals surface area contributed by atoms with Gasteiger partial charge in [-0.25, -0.2) is 5.32 Å². The summed E-state index contributed by atoms with van der Waals surface area (Å²) in [5, 5.41) is 4.03. The number of carbonyl (C=O) groups is 1. The van der Waals surface area contributed by atoms with Crippen molar-refractivity contribution in [3.05, 3.63) is 24.0 Å². The van der Waals surface area contributed by atoms with Gasteiger partial charge in [0, 0.05) is 0 Å². The van der Waals surface area contributed by atoms with Gasteiger partial charge in [0.25, 0.3) is 0 Å². The quantitative estimate of drug-likeness (QED) is 0.650. The van der Waals surface area contributed by atoms with Gasteiger partial charge >= 0.3 is 0 Å². The molecule has 0 spiro atoms. The third kappa shape index (κ3) is 2.61. The molecule has 1 fully saturated rings. The van der Waals surface area contributed by atoms with Crippen LogP contribution in [0.3, 0.4) is 0 Å². The van der Waals surface area contributed by atoms with Crippen LogP contribution in [0, 0.1) is 0 Å². The monoisotopic (exact) mass is 178 g/mol. The van der Waals surface area contributed by atoms with Gasteiger partial charge < -0.3 is 4.74 Å². The first-order valence-electron chi connectivity index (χ1n) is 4.55. The van der Waals surface area contributed by atoms with Crippen LogP contribution >= 0.6 is 0 Å². The molecule has 0 saturated heterocycles. The number of nitrogens with zero attached hydrogens (tertiary/aromatic N) is 1. The van der Waals surface area contributed by atoms with Crippen molar-refractivity contribution in [1.82, 2.24) is 5.32 Å². The largest absolute Gasteiger partial charge is 0.497 e. The smallest absolute Gasteiger partial charge is 0.245 e. The van der Waals surface area contributed by atoms with Crippen LogP contribution in [0.4, 0.5) is 0 Å². The van der Waals surface area contributed by atoms with Crippen molar-refractivity contribution < 1.29 is 9.53 Å². The van der Waals surface area contributed by atoms with E-state index in [1.54, 1.807) is 6.26 Å². The Kier molecular flexibility index (Phi) is 2.34. The molecule has 0 atom stereocenters. The maximum atomic E-state index is 11.3. The highest BCUT2D eigenvalue weighted by Gasteiger charge is 2.25. The van der Waals surface area contributed by atoms with Gasteiger partial charge in [-0.15, -0.1) is 0 Å². The number of ether oxygens (including phenoxy) is 1. The summed E-state index contributed by atoms with van der Waals surface area (Å²) in [6.45, 7) is 0.572. The topological polar surface area (TPSA) is 40.4 Å². The third-order valence-electron chi connectivity index (χ3n) is 2.05. The lowest BCUT2D eigenvalue weighted by molar-refractivity contribution is -0.120. The lowest BCUT2D eigenvalue weighted by Crippen LogP contribution is -2.17. The molecular weight excluding hydrogens is 166 g/mol. The fourth-order valence-electron chi connectivity index (χ4n) is 1.17. The van der Waals surface area contributed by atoms with Crippen molar-refractivity contribution in [2.45, 2.75) is 25.3 Å².